The lowest BCUT2D eigenvalue weighted by Crippen LogP contribution is -2.46. The van der Waals surface area contributed by atoms with E-state index >= 15 is 0 Å². The quantitative estimate of drug-likeness (QED) is 0.859. The average molecular weight is 304 g/mol. The highest BCUT2D eigenvalue weighted by atomic mass is 32.2. The van der Waals surface area contributed by atoms with Gasteiger partial charge >= 0.3 is 6.18 Å². The number of halogens is 3. The fourth-order valence-corrected chi connectivity index (χ4v) is 2.91. The van der Waals surface area contributed by atoms with Gasteiger partial charge in [-0.3, -0.25) is 4.90 Å². The lowest BCUT2D eigenvalue weighted by Gasteiger charge is -2.35. The molecule has 6 heteroatoms. The van der Waals surface area contributed by atoms with E-state index in [2.05, 4.69) is 5.32 Å². The Bertz CT molecular complexity index is 413. The molecule has 112 valence electrons. The van der Waals surface area contributed by atoms with Crippen molar-refractivity contribution in [3.8, 4) is 0 Å². The van der Waals surface area contributed by atoms with Gasteiger partial charge in [-0.25, -0.2) is 0 Å². The first-order chi connectivity index (χ1) is 9.49. The topological polar surface area (TPSA) is 15.3 Å². The summed E-state index contributed by atoms with van der Waals surface area (Å²) < 4.78 is 38.5. The molecule has 2 rings (SSSR count). The number of benzene rings is 1. The summed E-state index contributed by atoms with van der Waals surface area (Å²) >= 11 is 1.59. The summed E-state index contributed by atoms with van der Waals surface area (Å²) in [5.74, 6) is 0. The van der Waals surface area contributed by atoms with E-state index in [0.717, 1.165) is 23.5 Å². The zero-order valence-electron chi connectivity index (χ0n) is 11.4. The molecule has 0 radical (unpaired) electrons. The van der Waals surface area contributed by atoms with Crippen LogP contribution < -0.4 is 5.32 Å². The van der Waals surface area contributed by atoms with E-state index < -0.39 is 18.6 Å². The van der Waals surface area contributed by atoms with Crippen LogP contribution in [0.3, 0.4) is 0 Å². The molecule has 1 aliphatic heterocycles. The molecule has 0 amide bonds. The maximum absolute atomic E-state index is 12.8. The van der Waals surface area contributed by atoms with E-state index in [-0.39, 0.29) is 0 Å². The molecule has 0 aliphatic carbocycles. The Morgan fingerprint density at radius 1 is 1.20 bits per heavy atom. The van der Waals surface area contributed by atoms with Crippen LogP contribution in [0.15, 0.2) is 29.2 Å². The third kappa shape index (κ3) is 4.40. The largest absolute Gasteiger partial charge is 0.390 e. The van der Waals surface area contributed by atoms with Crippen LogP contribution in [0.5, 0.6) is 0 Å². The monoisotopic (exact) mass is 304 g/mol. The molecular formula is C14H19F3N2S. The zero-order valence-corrected chi connectivity index (χ0v) is 12.2. The van der Waals surface area contributed by atoms with E-state index in [1.807, 2.05) is 35.4 Å². The minimum absolute atomic E-state index is 0.576. The van der Waals surface area contributed by atoms with Crippen LogP contribution in [0.4, 0.5) is 13.2 Å². The molecule has 1 N–H and O–H groups in total. The average Bonchev–Trinajstić information content (AvgIpc) is 2.45. The van der Waals surface area contributed by atoms with Gasteiger partial charge < -0.3 is 5.32 Å². The van der Waals surface area contributed by atoms with Crippen molar-refractivity contribution >= 4 is 11.8 Å². The van der Waals surface area contributed by atoms with Crippen molar-refractivity contribution in [3.63, 3.8) is 0 Å². The molecule has 2 nitrogen and oxygen atoms in total. The first-order valence-electron chi connectivity index (χ1n) is 6.65. The van der Waals surface area contributed by atoms with Gasteiger partial charge in [0.25, 0.3) is 0 Å². The van der Waals surface area contributed by atoms with Gasteiger partial charge in [0.15, 0.2) is 0 Å². The fraction of sp³-hybridized carbons (Fsp3) is 0.571. The second-order valence-corrected chi connectivity index (χ2v) is 5.77. The number of piperazine rings is 1. The van der Waals surface area contributed by atoms with Crippen molar-refractivity contribution in [2.75, 3.05) is 32.4 Å². The van der Waals surface area contributed by atoms with Crippen molar-refractivity contribution in [2.24, 2.45) is 0 Å². The van der Waals surface area contributed by atoms with E-state index in [9.17, 15) is 13.2 Å². The minimum atomic E-state index is -4.15. The Morgan fingerprint density at radius 2 is 1.80 bits per heavy atom. The summed E-state index contributed by atoms with van der Waals surface area (Å²) in [5, 5.41) is 3.18. The van der Waals surface area contributed by atoms with Gasteiger partial charge in [-0.15, -0.1) is 11.8 Å². The Morgan fingerprint density at radius 3 is 2.30 bits per heavy atom. The highest BCUT2D eigenvalue weighted by molar-refractivity contribution is 7.98. The molecule has 1 atom stereocenters. The normalized spacial score (nSPS) is 19.0. The second kappa shape index (κ2) is 6.83. The third-order valence-electron chi connectivity index (χ3n) is 3.52. The van der Waals surface area contributed by atoms with Crippen LogP contribution >= 0.6 is 11.8 Å². The van der Waals surface area contributed by atoms with Gasteiger partial charge in [0.05, 0.1) is 6.42 Å². The van der Waals surface area contributed by atoms with Crippen LogP contribution in [0.1, 0.15) is 18.0 Å². The number of hydrogen-bond acceptors (Lipinski definition) is 3. The molecule has 0 spiro atoms. The molecule has 0 bridgehead atoms. The van der Waals surface area contributed by atoms with Crippen molar-refractivity contribution in [1.82, 2.24) is 10.2 Å². The molecule has 1 saturated heterocycles. The molecule has 1 fully saturated rings. The van der Waals surface area contributed by atoms with E-state index in [4.69, 9.17) is 0 Å². The van der Waals surface area contributed by atoms with Gasteiger partial charge in [-0.05, 0) is 24.0 Å². The lowest BCUT2D eigenvalue weighted by molar-refractivity contribution is -0.148. The van der Waals surface area contributed by atoms with E-state index in [1.165, 1.54) is 0 Å². The Kier molecular flexibility index (Phi) is 5.35. The summed E-state index contributed by atoms with van der Waals surface area (Å²) in [4.78, 5) is 3.00. The van der Waals surface area contributed by atoms with Crippen molar-refractivity contribution in [3.05, 3.63) is 29.8 Å². The first kappa shape index (κ1) is 15.7. The first-order valence-corrected chi connectivity index (χ1v) is 7.87. The maximum atomic E-state index is 12.8. The summed E-state index contributed by atoms with van der Waals surface area (Å²) in [6.07, 6.45) is -2.97. The van der Waals surface area contributed by atoms with Gasteiger partial charge in [0.2, 0.25) is 0 Å². The minimum Gasteiger partial charge on any atom is -0.314 e. The molecular weight excluding hydrogens is 285 g/mol. The van der Waals surface area contributed by atoms with Crippen molar-refractivity contribution < 1.29 is 13.2 Å². The van der Waals surface area contributed by atoms with Gasteiger partial charge in [-0.2, -0.15) is 13.2 Å². The SMILES string of the molecule is CSc1ccc([C@H](CC(F)(F)F)N2CCNCC2)cc1. The van der Waals surface area contributed by atoms with Crippen LogP contribution in [-0.2, 0) is 0 Å². The highest BCUT2D eigenvalue weighted by Crippen LogP contribution is 2.34. The van der Waals surface area contributed by atoms with Gasteiger partial charge in [0, 0.05) is 37.1 Å². The summed E-state index contributed by atoms with van der Waals surface area (Å²) in [6.45, 7) is 2.81. The molecule has 0 aromatic heterocycles. The molecule has 0 unspecified atom stereocenters. The maximum Gasteiger partial charge on any atom is 0.390 e. The second-order valence-electron chi connectivity index (χ2n) is 4.89. The van der Waals surface area contributed by atoms with Crippen molar-refractivity contribution in [1.29, 1.82) is 0 Å². The van der Waals surface area contributed by atoms with Crippen LogP contribution in [0.2, 0.25) is 0 Å². The molecule has 1 aromatic rings. The molecule has 1 heterocycles. The molecule has 20 heavy (non-hydrogen) atoms. The summed E-state index contributed by atoms with van der Waals surface area (Å²) in [7, 11) is 0. The number of hydrogen-bond donors (Lipinski definition) is 1. The fourth-order valence-electron chi connectivity index (χ4n) is 2.50. The summed E-state index contributed by atoms with van der Waals surface area (Å²) in [6, 6.07) is 6.86. The standard InChI is InChI=1S/C14H19F3N2S/c1-20-12-4-2-11(3-5-12)13(10-14(15,16)17)19-8-6-18-7-9-19/h2-5,13,18H,6-10H2,1H3/t13-/m0/s1. The Hall–Kier alpha value is -0.720. The number of thioether (sulfide) groups is 1. The van der Waals surface area contributed by atoms with E-state index in [1.54, 1.807) is 11.8 Å². The number of nitrogens with zero attached hydrogens (tertiary/aromatic N) is 1. The van der Waals surface area contributed by atoms with Crippen LogP contribution in [0, 0.1) is 0 Å². The third-order valence-corrected chi connectivity index (χ3v) is 4.26. The Labute approximate surface area is 121 Å². The van der Waals surface area contributed by atoms with Crippen LogP contribution in [0.25, 0.3) is 0 Å². The van der Waals surface area contributed by atoms with Crippen LogP contribution in [-0.4, -0.2) is 43.5 Å². The Balaban J connectivity index is 2.19. The number of nitrogens with one attached hydrogen (secondary N) is 1. The van der Waals surface area contributed by atoms with E-state index in [0.29, 0.717) is 13.1 Å². The molecule has 0 saturated carbocycles. The highest BCUT2D eigenvalue weighted by Gasteiger charge is 2.35. The predicted octanol–water partition coefficient (Wildman–Crippen LogP) is 3.31. The molecule has 1 aromatic carbocycles. The van der Waals surface area contributed by atoms with Gasteiger partial charge in [0.1, 0.15) is 0 Å². The molecule has 1 aliphatic rings. The summed E-state index contributed by atoms with van der Waals surface area (Å²) in [5.41, 5.74) is 0.752. The predicted molar refractivity (Wildman–Crippen MR) is 76.1 cm³/mol. The van der Waals surface area contributed by atoms with Gasteiger partial charge in [-0.1, -0.05) is 12.1 Å². The number of alkyl halides is 3. The zero-order chi connectivity index (χ0) is 14.6. The smallest absolute Gasteiger partial charge is 0.314 e. The van der Waals surface area contributed by atoms with Crippen molar-refractivity contribution in [2.45, 2.75) is 23.5 Å². The number of rotatable bonds is 4. The lowest BCUT2D eigenvalue weighted by atomic mass is 10.0.